The van der Waals surface area contributed by atoms with Crippen molar-refractivity contribution in [2.45, 2.75) is 0 Å². The SMILES string of the molecule is OB(O)c1cc(N2CCOCC2)co1. The Kier molecular flexibility index (Phi) is 2.76. The molecule has 0 aliphatic carbocycles. The van der Waals surface area contributed by atoms with Gasteiger partial charge in [0.25, 0.3) is 0 Å². The Morgan fingerprint density at radius 1 is 1.29 bits per heavy atom. The maximum absolute atomic E-state index is 8.85. The first-order chi connectivity index (χ1) is 6.77. The quantitative estimate of drug-likeness (QED) is 0.582. The van der Waals surface area contributed by atoms with E-state index in [1.165, 1.54) is 6.26 Å². The summed E-state index contributed by atoms with van der Waals surface area (Å²) in [4.78, 5) is 2.08. The summed E-state index contributed by atoms with van der Waals surface area (Å²) in [5.74, 6) is 0. The number of rotatable bonds is 2. The van der Waals surface area contributed by atoms with Gasteiger partial charge in [0.15, 0.2) is 0 Å². The summed E-state index contributed by atoms with van der Waals surface area (Å²) in [6, 6.07) is 1.63. The van der Waals surface area contributed by atoms with Crippen molar-refractivity contribution in [3.05, 3.63) is 12.3 Å². The van der Waals surface area contributed by atoms with Crippen LogP contribution in [0.1, 0.15) is 0 Å². The highest BCUT2D eigenvalue weighted by atomic mass is 16.5. The smallest absolute Gasteiger partial charge is 0.471 e. The molecule has 0 aromatic carbocycles. The van der Waals surface area contributed by atoms with E-state index in [2.05, 4.69) is 4.90 Å². The van der Waals surface area contributed by atoms with Crippen LogP contribution in [0.3, 0.4) is 0 Å². The molecule has 2 rings (SSSR count). The fraction of sp³-hybridized carbons (Fsp3) is 0.500. The van der Waals surface area contributed by atoms with Gasteiger partial charge in [-0.15, -0.1) is 0 Å². The van der Waals surface area contributed by atoms with Crippen molar-refractivity contribution in [3.8, 4) is 0 Å². The number of hydrogen-bond acceptors (Lipinski definition) is 5. The lowest BCUT2D eigenvalue weighted by molar-refractivity contribution is 0.122. The zero-order valence-electron chi connectivity index (χ0n) is 7.72. The van der Waals surface area contributed by atoms with Crippen LogP contribution in [0.2, 0.25) is 0 Å². The van der Waals surface area contributed by atoms with Gasteiger partial charge in [-0.25, -0.2) is 0 Å². The molecule has 0 atom stereocenters. The average Bonchev–Trinajstić information content (AvgIpc) is 2.68. The fourth-order valence-corrected chi connectivity index (χ4v) is 1.46. The van der Waals surface area contributed by atoms with Crippen LogP contribution in [0.15, 0.2) is 16.7 Å². The van der Waals surface area contributed by atoms with Crippen molar-refractivity contribution in [2.24, 2.45) is 0 Å². The lowest BCUT2D eigenvalue weighted by Gasteiger charge is -2.27. The lowest BCUT2D eigenvalue weighted by Crippen LogP contribution is -2.36. The van der Waals surface area contributed by atoms with Crippen LogP contribution < -0.4 is 10.6 Å². The van der Waals surface area contributed by atoms with Crippen LogP contribution >= 0.6 is 0 Å². The summed E-state index contributed by atoms with van der Waals surface area (Å²) in [6.45, 7) is 3.01. The molecular formula is C8H12BNO4. The van der Waals surface area contributed by atoms with E-state index >= 15 is 0 Å². The molecule has 5 nitrogen and oxygen atoms in total. The molecule has 1 saturated heterocycles. The molecule has 6 heteroatoms. The molecule has 1 aliphatic heterocycles. The molecular weight excluding hydrogens is 185 g/mol. The number of hydrogen-bond donors (Lipinski definition) is 2. The van der Waals surface area contributed by atoms with E-state index < -0.39 is 7.12 Å². The minimum absolute atomic E-state index is 0.173. The van der Waals surface area contributed by atoms with E-state index in [9.17, 15) is 0 Å². The third-order valence-corrected chi connectivity index (χ3v) is 2.24. The first-order valence-corrected chi connectivity index (χ1v) is 4.54. The van der Waals surface area contributed by atoms with Crippen LogP contribution in [-0.4, -0.2) is 43.5 Å². The summed E-state index contributed by atoms with van der Waals surface area (Å²) < 4.78 is 10.2. The van der Waals surface area contributed by atoms with Gasteiger partial charge >= 0.3 is 7.12 Å². The monoisotopic (exact) mass is 197 g/mol. The molecule has 1 aromatic heterocycles. The molecule has 2 N–H and O–H groups in total. The van der Waals surface area contributed by atoms with Gasteiger partial charge in [0.1, 0.15) is 11.9 Å². The molecule has 1 aliphatic rings. The van der Waals surface area contributed by atoms with Crippen LogP contribution in [0.25, 0.3) is 0 Å². The second-order valence-corrected chi connectivity index (χ2v) is 3.18. The second kappa shape index (κ2) is 4.04. The molecule has 76 valence electrons. The van der Waals surface area contributed by atoms with Crippen molar-refractivity contribution >= 4 is 18.5 Å². The summed E-state index contributed by atoms with van der Waals surface area (Å²) in [5.41, 5.74) is 1.04. The number of morpholine rings is 1. The zero-order valence-corrected chi connectivity index (χ0v) is 7.72. The van der Waals surface area contributed by atoms with Gasteiger partial charge in [0.05, 0.1) is 18.9 Å². The number of anilines is 1. The molecule has 2 heterocycles. The van der Waals surface area contributed by atoms with Gasteiger partial charge in [-0.3, -0.25) is 0 Å². The van der Waals surface area contributed by atoms with Gasteiger partial charge in [0.2, 0.25) is 0 Å². The van der Waals surface area contributed by atoms with Gasteiger partial charge in [-0.1, -0.05) is 0 Å². The van der Waals surface area contributed by atoms with Gasteiger partial charge in [0, 0.05) is 13.1 Å². The Labute approximate surface area is 82.0 Å². The zero-order chi connectivity index (χ0) is 9.97. The van der Waals surface area contributed by atoms with Crippen molar-refractivity contribution < 1.29 is 19.2 Å². The lowest BCUT2D eigenvalue weighted by atomic mass is 9.88. The standard InChI is InChI=1S/C8H12BNO4/c11-9(12)8-5-7(6-14-8)10-1-3-13-4-2-10/h5-6,11-12H,1-4H2. The highest BCUT2D eigenvalue weighted by molar-refractivity contribution is 6.57. The third-order valence-electron chi connectivity index (χ3n) is 2.24. The molecule has 1 aromatic rings. The van der Waals surface area contributed by atoms with Gasteiger partial charge in [-0.05, 0) is 6.07 Å². The van der Waals surface area contributed by atoms with Crippen LogP contribution in [0.4, 0.5) is 5.69 Å². The Morgan fingerprint density at radius 2 is 2.00 bits per heavy atom. The molecule has 1 fully saturated rings. The number of furan rings is 1. The molecule has 0 spiro atoms. The minimum atomic E-state index is -1.54. The van der Waals surface area contributed by atoms with Crippen molar-refractivity contribution in [1.82, 2.24) is 0 Å². The molecule has 14 heavy (non-hydrogen) atoms. The van der Waals surface area contributed by atoms with E-state index in [1.54, 1.807) is 6.07 Å². The summed E-state index contributed by atoms with van der Waals surface area (Å²) in [7, 11) is -1.54. The Bertz CT molecular complexity index is 295. The Balaban J connectivity index is 2.07. The highest BCUT2D eigenvalue weighted by Crippen LogP contribution is 2.14. The number of nitrogens with zero attached hydrogens (tertiary/aromatic N) is 1. The van der Waals surface area contributed by atoms with E-state index in [0.717, 1.165) is 18.8 Å². The highest BCUT2D eigenvalue weighted by Gasteiger charge is 2.19. The largest absolute Gasteiger partial charge is 0.526 e. The third kappa shape index (κ3) is 1.92. The van der Waals surface area contributed by atoms with Crippen molar-refractivity contribution in [1.29, 1.82) is 0 Å². The van der Waals surface area contributed by atoms with E-state index in [4.69, 9.17) is 19.2 Å². The van der Waals surface area contributed by atoms with E-state index in [-0.39, 0.29) is 5.66 Å². The molecule has 0 unspecified atom stereocenters. The molecule has 0 amide bonds. The topological polar surface area (TPSA) is 66.1 Å². The van der Waals surface area contributed by atoms with Gasteiger partial charge in [-0.2, -0.15) is 0 Å². The Morgan fingerprint density at radius 3 is 2.57 bits per heavy atom. The molecule has 0 saturated carbocycles. The van der Waals surface area contributed by atoms with E-state index in [0.29, 0.717) is 13.2 Å². The summed E-state index contributed by atoms with van der Waals surface area (Å²) in [5, 5.41) is 17.7. The van der Waals surface area contributed by atoms with Crippen molar-refractivity contribution in [3.63, 3.8) is 0 Å². The normalized spacial score (nSPS) is 17.1. The first-order valence-electron chi connectivity index (χ1n) is 4.54. The van der Waals surface area contributed by atoms with Crippen LogP contribution in [0.5, 0.6) is 0 Å². The van der Waals surface area contributed by atoms with Crippen molar-refractivity contribution in [2.75, 3.05) is 31.2 Å². The fourth-order valence-electron chi connectivity index (χ4n) is 1.46. The van der Waals surface area contributed by atoms with Crippen LogP contribution in [-0.2, 0) is 4.74 Å². The maximum atomic E-state index is 8.85. The summed E-state index contributed by atoms with van der Waals surface area (Å²) >= 11 is 0. The predicted octanol–water partition coefficient (Wildman–Crippen LogP) is -1.20. The average molecular weight is 197 g/mol. The molecule has 0 bridgehead atoms. The molecule has 0 radical (unpaired) electrons. The minimum Gasteiger partial charge on any atom is -0.471 e. The second-order valence-electron chi connectivity index (χ2n) is 3.18. The number of ether oxygens (including phenoxy) is 1. The van der Waals surface area contributed by atoms with Gasteiger partial charge < -0.3 is 24.1 Å². The predicted molar refractivity (Wildman–Crippen MR) is 51.6 cm³/mol. The van der Waals surface area contributed by atoms with E-state index in [1.807, 2.05) is 0 Å². The summed E-state index contributed by atoms with van der Waals surface area (Å²) in [6.07, 6.45) is 1.53. The Hall–Kier alpha value is -0.975. The maximum Gasteiger partial charge on any atom is 0.526 e. The first kappa shape index (κ1) is 9.58. The van der Waals surface area contributed by atoms with Crippen LogP contribution in [0, 0.1) is 0 Å².